The van der Waals surface area contributed by atoms with Crippen molar-refractivity contribution in [2.75, 3.05) is 13.1 Å². The summed E-state index contributed by atoms with van der Waals surface area (Å²) in [7, 11) is 0. The van der Waals surface area contributed by atoms with Gasteiger partial charge >= 0.3 is 0 Å². The van der Waals surface area contributed by atoms with Crippen molar-refractivity contribution in [3.05, 3.63) is 72.4 Å². The van der Waals surface area contributed by atoms with E-state index in [2.05, 4.69) is 27.0 Å². The number of nitrogens with zero attached hydrogens (tertiary/aromatic N) is 3. The minimum Gasteiger partial charge on any atom is -0.444 e. The summed E-state index contributed by atoms with van der Waals surface area (Å²) in [6.07, 6.45) is 3.62. The average molecular weight is 291 g/mol. The quantitative estimate of drug-likeness (QED) is 0.739. The van der Waals surface area contributed by atoms with Crippen LogP contribution >= 0.6 is 0 Å². The average Bonchev–Trinajstić information content (AvgIpc) is 3.01. The topological polar surface area (TPSA) is 42.2 Å². The lowest BCUT2D eigenvalue weighted by atomic mass is 9.95. The highest BCUT2D eigenvalue weighted by Crippen LogP contribution is 2.27. The van der Waals surface area contributed by atoms with Crippen LogP contribution in [0, 0.1) is 0 Å². The molecule has 110 valence electrons. The van der Waals surface area contributed by atoms with Crippen molar-refractivity contribution in [1.82, 2.24) is 14.9 Å². The molecule has 1 aliphatic rings. The molecule has 4 heteroatoms. The maximum atomic E-state index is 5.58. The second-order valence-corrected chi connectivity index (χ2v) is 5.66. The SMILES string of the molecule is c1ccc(-c2nc(CN3CC(c4ccccn4)C3)co2)cc1. The standard InChI is InChI=1S/C18H17N3O/c1-2-6-14(7-3-1)18-20-16(13-22-18)12-21-10-15(11-21)17-8-4-5-9-19-17/h1-9,13,15H,10-12H2. The fourth-order valence-electron chi connectivity index (χ4n) is 2.83. The second-order valence-electron chi connectivity index (χ2n) is 5.66. The van der Waals surface area contributed by atoms with Gasteiger partial charge in [0.05, 0.1) is 5.69 Å². The molecular formula is C18H17N3O. The Morgan fingerprint density at radius 1 is 1.05 bits per heavy atom. The minimum atomic E-state index is 0.543. The van der Waals surface area contributed by atoms with Gasteiger partial charge in [-0.2, -0.15) is 0 Å². The molecule has 1 fully saturated rings. The van der Waals surface area contributed by atoms with Crippen LogP contribution in [-0.2, 0) is 6.54 Å². The van der Waals surface area contributed by atoms with Crippen molar-refractivity contribution in [3.8, 4) is 11.5 Å². The van der Waals surface area contributed by atoms with Gasteiger partial charge in [0, 0.05) is 43.0 Å². The van der Waals surface area contributed by atoms with Crippen molar-refractivity contribution in [2.45, 2.75) is 12.5 Å². The summed E-state index contributed by atoms with van der Waals surface area (Å²) in [6, 6.07) is 16.1. The van der Waals surface area contributed by atoms with Crippen LogP contribution in [-0.4, -0.2) is 28.0 Å². The number of aromatic nitrogens is 2. The van der Waals surface area contributed by atoms with E-state index in [1.807, 2.05) is 42.6 Å². The van der Waals surface area contributed by atoms with Crippen molar-refractivity contribution in [3.63, 3.8) is 0 Å². The summed E-state index contributed by atoms with van der Waals surface area (Å²) in [5.41, 5.74) is 3.19. The van der Waals surface area contributed by atoms with Crippen molar-refractivity contribution >= 4 is 0 Å². The Balaban J connectivity index is 1.37. The highest BCUT2D eigenvalue weighted by Gasteiger charge is 2.29. The molecule has 0 spiro atoms. The summed E-state index contributed by atoms with van der Waals surface area (Å²) in [5.74, 6) is 1.24. The van der Waals surface area contributed by atoms with Gasteiger partial charge in [-0.05, 0) is 24.3 Å². The molecule has 2 aromatic heterocycles. The van der Waals surface area contributed by atoms with E-state index in [1.54, 1.807) is 6.26 Å². The van der Waals surface area contributed by atoms with Gasteiger partial charge in [0.15, 0.2) is 0 Å². The first-order valence-corrected chi connectivity index (χ1v) is 7.51. The second kappa shape index (κ2) is 5.73. The molecule has 4 rings (SSSR count). The molecule has 1 aliphatic heterocycles. The van der Waals surface area contributed by atoms with E-state index in [-0.39, 0.29) is 0 Å². The Hall–Kier alpha value is -2.46. The van der Waals surface area contributed by atoms with Gasteiger partial charge in [-0.25, -0.2) is 4.98 Å². The Morgan fingerprint density at radius 3 is 2.64 bits per heavy atom. The third-order valence-corrected chi connectivity index (χ3v) is 4.02. The predicted molar refractivity (Wildman–Crippen MR) is 84.2 cm³/mol. The maximum Gasteiger partial charge on any atom is 0.226 e. The third kappa shape index (κ3) is 2.65. The zero-order chi connectivity index (χ0) is 14.8. The zero-order valence-corrected chi connectivity index (χ0v) is 12.2. The maximum absolute atomic E-state index is 5.58. The number of benzene rings is 1. The molecular weight excluding hydrogens is 274 g/mol. The summed E-state index contributed by atoms with van der Waals surface area (Å²) in [5, 5.41) is 0. The predicted octanol–water partition coefficient (Wildman–Crippen LogP) is 3.34. The van der Waals surface area contributed by atoms with Crippen molar-refractivity contribution in [1.29, 1.82) is 0 Å². The van der Waals surface area contributed by atoms with Crippen LogP contribution in [0.25, 0.3) is 11.5 Å². The van der Waals surface area contributed by atoms with Gasteiger partial charge in [-0.15, -0.1) is 0 Å². The first-order chi connectivity index (χ1) is 10.9. The van der Waals surface area contributed by atoms with Crippen molar-refractivity contribution < 1.29 is 4.42 Å². The van der Waals surface area contributed by atoms with E-state index in [1.165, 1.54) is 5.69 Å². The van der Waals surface area contributed by atoms with Gasteiger partial charge in [0.2, 0.25) is 5.89 Å². The van der Waals surface area contributed by atoms with E-state index in [4.69, 9.17) is 4.42 Å². The van der Waals surface area contributed by atoms with Crippen LogP contribution in [0.5, 0.6) is 0 Å². The molecule has 0 bridgehead atoms. The first kappa shape index (κ1) is 13.2. The van der Waals surface area contributed by atoms with E-state index in [0.717, 1.165) is 30.9 Å². The highest BCUT2D eigenvalue weighted by molar-refractivity contribution is 5.52. The molecule has 1 saturated heterocycles. The van der Waals surface area contributed by atoms with Gasteiger partial charge in [-0.1, -0.05) is 24.3 Å². The Bertz CT molecular complexity index is 733. The molecule has 0 unspecified atom stereocenters. The van der Waals surface area contributed by atoms with Gasteiger partial charge in [0.25, 0.3) is 0 Å². The lowest BCUT2D eigenvalue weighted by molar-refractivity contribution is 0.135. The molecule has 0 atom stereocenters. The summed E-state index contributed by atoms with van der Waals surface area (Å²) < 4.78 is 5.58. The van der Waals surface area contributed by atoms with E-state index < -0.39 is 0 Å². The molecule has 0 amide bonds. The lowest BCUT2D eigenvalue weighted by Crippen LogP contribution is -2.44. The van der Waals surface area contributed by atoms with Crippen LogP contribution < -0.4 is 0 Å². The van der Waals surface area contributed by atoms with Crippen LogP contribution in [0.15, 0.2) is 65.4 Å². The largest absolute Gasteiger partial charge is 0.444 e. The molecule has 22 heavy (non-hydrogen) atoms. The number of hydrogen-bond donors (Lipinski definition) is 0. The molecule has 3 aromatic rings. The Labute approximate surface area is 129 Å². The molecule has 1 aromatic carbocycles. The number of pyridine rings is 1. The lowest BCUT2D eigenvalue weighted by Gasteiger charge is -2.38. The highest BCUT2D eigenvalue weighted by atomic mass is 16.3. The van der Waals surface area contributed by atoms with E-state index >= 15 is 0 Å². The van der Waals surface area contributed by atoms with E-state index in [9.17, 15) is 0 Å². The smallest absolute Gasteiger partial charge is 0.226 e. The van der Waals surface area contributed by atoms with Crippen molar-refractivity contribution in [2.24, 2.45) is 0 Å². The molecule has 0 saturated carbocycles. The van der Waals surface area contributed by atoms with Crippen LogP contribution in [0.3, 0.4) is 0 Å². The van der Waals surface area contributed by atoms with E-state index in [0.29, 0.717) is 11.8 Å². The Kier molecular flexibility index (Phi) is 3.45. The molecule has 0 aliphatic carbocycles. The van der Waals surface area contributed by atoms with Crippen LogP contribution in [0.1, 0.15) is 17.3 Å². The number of rotatable bonds is 4. The van der Waals surface area contributed by atoms with Gasteiger partial charge in [0.1, 0.15) is 6.26 Å². The van der Waals surface area contributed by atoms with Gasteiger partial charge in [-0.3, -0.25) is 9.88 Å². The normalized spacial score (nSPS) is 15.6. The third-order valence-electron chi connectivity index (χ3n) is 4.02. The number of oxazole rings is 1. The number of hydrogen-bond acceptors (Lipinski definition) is 4. The van der Waals surface area contributed by atoms with Gasteiger partial charge < -0.3 is 4.42 Å². The molecule has 4 nitrogen and oxygen atoms in total. The summed E-state index contributed by atoms with van der Waals surface area (Å²) in [4.78, 5) is 11.4. The van der Waals surface area contributed by atoms with Crippen LogP contribution in [0.4, 0.5) is 0 Å². The molecule has 0 radical (unpaired) electrons. The fraction of sp³-hybridized carbons (Fsp3) is 0.222. The molecule has 0 N–H and O–H groups in total. The fourth-order valence-corrected chi connectivity index (χ4v) is 2.83. The zero-order valence-electron chi connectivity index (χ0n) is 12.2. The Morgan fingerprint density at radius 2 is 1.86 bits per heavy atom. The monoisotopic (exact) mass is 291 g/mol. The number of likely N-dealkylation sites (tertiary alicyclic amines) is 1. The first-order valence-electron chi connectivity index (χ1n) is 7.51. The van der Waals surface area contributed by atoms with Crippen LogP contribution in [0.2, 0.25) is 0 Å². The summed E-state index contributed by atoms with van der Waals surface area (Å²) in [6.45, 7) is 2.90. The minimum absolute atomic E-state index is 0.543. The molecule has 3 heterocycles. The summed E-state index contributed by atoms with van der Waals surface area (Å²) >= 11 is 0.